The number of hydrogen-bond acceptors (Lipinski definition) is 2. The van der Waals surface area contributed by atoms with Gasteiger partial charge in [-0.15, -0.1) is 0 Å². The van der Waals surface area contributed by atoms with E-state index in [0.29, 0.717) is 5.92 Å². The number of anilines is 1. The van der Waals surface area contributed by atoms with Crippen molar-refractivity contribution in [3.05, 3.63) is 24.3 Å². The van der Waals surface area contributed by atoms with E-state index in [1.807, 2.05) is 26.2 Å². The van der Waals surface area contributed by atoms with Gasteiger partial charge in [0.2, 0.25) is 0 Å². The molecule has 0 amide bonds. The Morgan fingerprint density at radius 1 is 1.40 bits per heavy atom. The zero-order valence-electron chi connectivity index (χ0n) is 9.27. The van der Waals surface area contributed by atoms with Crippen molar-refractivity contribution in [3.63, 3.8) is 0 Å². The van der Waals surface area contributed by atoms with Crippen molar-refractivity contribution in [2.45, 2.75) is 12.8 Å². The third-order valence-corrected chi connectivity index (χ3v) is 2.60. The van der Waals surface area contributed by atoms with Crippen molar-refractivity contribution in [1.82, 2.24) is 0 Å². The van der Waals surface area contributed by atoms with E-state index in [9.17, 15) is 0 Å². The average molecular weight is 203 g/mol. The lowest BCUT2D eigenvalue weighted by molar-refractivity contribution is 1.13. The second kappa shape index (κ2) is 3.93. The summed E-state index contributed by atoms with van der Waals surface area (Å²) in [6.07, 6.45) is 2.39. The van der Waals surface area contributed by atoms with Crippen molar-refractivity contribution < 1.29 is 0 Å². The van der Waals surface area contributed by atoms with Crippen molar-refractivity contribution in [2.75, 3.05) is 19.0 Å². The smallest absolute Gasteiger partial charge is 0.103 e. The minimum Gasteiger partial charge on any atom is -0.387 e. The van der Waals surface area contributed by atoms with Gasteiger partial charge in [-0.3, -0.25) is 0 Å². The lowest BCUT2D eigenvalue weighted by atomic mass is 10.2. The molecule has 1 aromatic rings. The molecule has 2 rings (SSSR count). The molecule has 0 aromatic heterocycles. The molecule has 0 atom stereocenters. The van der Waals surface area contributed by atoms with Crippen LogP contribution in [0.3, 0.4) is 0 Å². The molecule has 80 valence electrons. The fourth-order valence-corrected chi connectivity index (χ4v) is 1.46. The number of nitrogens with two attached hydrogens (primary N) is 1. The Balaban J connectivity index is 2.20. The van der Waals surface area contributed by atoms with Crippen LogP contribution < -0.4 is 10.6 Å². The van der Waals surface area contributed by atoms with E-state index in [1.54, 1.807) is 0 Å². The first-order valence-corrected chi connectivity index (χ1v) is 5.28. The second-order valence-corrected chi connectivity index (χ2v) is 4.23. The molecule has 1 aliphatic rings. The van der Waals surface area contributed by atoms with Crippen molar-refractivity contribution in [3.8, 4) is 0 Å². The highest BCUT2D eigenvalue weighted by molar-refractivity contribution is 5.87. The van der Waals surface area contributed by atoms with Crippen LogP contribution in [0, 0.1) is 5.92 Å². The molecule has 0 unspecified atom stereocenters. The molecule has 1 saturated carbocycles. The Morgan fingerprint density at radius 2 is 2.13 bits per heavy atom. The van der Waals surface area contributed by atoms with Crippen LogP contribution in [-0.2, 0) is 0 Å². The van der Waals surface area contributed by atoms with Gasteiger partial charge in [0.25, 0.3) is 0 Å². The van der Waals surface area contributed by atoms with Crippen LogP contribution in [-0.4, -0.2) is 19.9 Å². The van der Waals surface area contributed by atoms with Gasteiger partial charge in [0, 0.05) is 25.7 Å². The fourth-order valence-electron chi connectivity index (χ4n) is 1.46. The molecular weight excluding hydrogens is 186 g/mol. The van der Waals surface area contributed by atoms with Gasteiger partial charge in [-0.25, -0.2) is 4.99 Å². The highest BCUT2D eigenvalue weighted by atomic mass is 15.1. The summed E-state index contributed by atoms with van der Waals surface area (Å²) in [6.45, 7) is 0. The summed E-state index contributed by atoms with van der Waals surface area (Å²) in [5.41, 5.74) is 7.98. The Kier molecular flexibility index (Phi) is 2.62. The molecule has 15 heavy (non-hydrogen) atoms. The molecule has 0 aliphatic heterocycles. The first-order chi connectivity index (χ1) is 7.16. The molecule has 0 radical (unpaired) electrons. The molecule has 0 bridgehead atoms. The number of aliphatic imine (C=N–C) groups is 1. The average Bonchev–Trinajstić information content (AvgIpc) is 3.01. The standard InChI is InChI=1S/C12H17N3/c1-15(2)11-5-3-4-10(8-11)14-12(13)9-6-7-9/h3-5,8-9H,6-7H2,1-2H3,(H2,13,14). The van der Waals surface area contributed by atoms with E-state index < -0.39 is 0 Å². The molecular formula is C12H17N3. The molecule has 0 saturated heterocycles. The SMILES string of the molecule is CN(C)c1cccc(N=C(N)C2CC2)c1. The molecule has 0 heterocycles. The van der Waals surface area contributed by atoms with Gasteiger partial charge >= 0.3 is 0 Å². The minimum atomic E-state index is 0.535. The zero-order valence-corrected chi connectivity index (χ0v) is 9.27. The highest BCUT2D eigenvalue weighted by Gasteiger charge is 2.25. The molecule has 0 spiro atoms. The molecule has 1 aliphatic carbocycles. The normalized spacial score (nSPS) is 16.5. The first kappa shape index (κ1) is 10.0. The summed E-state index contributed by atoms with van der Waals surface area (Å²) in [6, 6.07) is 8.11. The highest BCUT2D eigenvalue weighted by Crippen LogP contribution is 2.30. The summed E-state index contributed by atoms with van der Waals surface area (Å²) in [5, 5.41) is 0. The van der Waals surface area contributed by atoms with Crippen LogP contribution in [0.2, 0.25) is 0 Å². The van der Waals surface area contributed by atoms with E-state index in [-0.39, 0.29) is 0 Å². The van der Waals surface area contributed by atoms with Crippen LogP contribution in [0.5, 0.6) is 0 Å². The quantitative estimate of drug-likeness (QED) is 0.604. The third-order valence-electron chi connectivity index (χ3n) is 2.60. The monoisotopic (exact) mass is 203 g/mol. The maximum absolute atomic E-state index is 5.87. The number of rotatable bonds is 3. The summed E-state index contributed by atoms with van der Waals surface area (Å²) in [7, 11) is 4.04. The Hall–Kier alpha value is -1.51. The van der Waals surface area contributed by atoms with E-state index in [1.165, 1.54) is 12.8 Å². The van der Waals surface area contributed by atoms with Crippen LogP contribution in [0.1, 0.15) is 12.8 Å². The summed E-state index contributed by atoms with van der Waals surface area (Å²) < 4.78 is 0. The van der Waals surface area contributed by atoms with Gasteiger partial charge < -0.3 is 10.6 Å². The van der Waals surface area contributed by atoms with E-state index in [4.69, 9.17) is 5.73 Å². The molecule has 3 heteroatoms. The second-order valence-electron chi connectivity index (χ2n) is 4.23. The van der Waals surface area contributed by atoms with Crippen LogP contribution in [0.4, 0.5) is 11.4 Å². The lowest BCUT2D eigenvalue weighted by Gasteiger charge is -2.12. The van der Waals surface area contributed by atoms with Crippen molar-refractivity contribution in [2.24, 2.45) is 16.6 Å². The third kappa shape index (κ3) is 2.49. The Bertz CT molecular complexity index is 378. The number of nitrogens with zero attached hydrogens (tertiary/aromatic N) is 2. The maximum Gasteiger partial charge on any atom is 0.103 e. The van der Waals surface area contributed by atoms with Crippen LogP contribution >= 0.6 is 0 Å². The number of benzene rings is 1. The predicted molar refractivity (Wildman–Crippen MR) is 64.8 cm³/mol. The molecule has 3 nitrogen and oxygen atoms in total. The molecule has 1 fully saturated rings. The lowest BCUT2D eigenvalue weighted by Crippen LogP contribution is -2.13. The van der Waals surface area contributed by atoms with Gasteiger partial charge in [0.15, 0.2) is 0 Å². The van der Waals surface area contributed by atoms with Gasteiger partial charge in [-0.2, -0.15) is 0 Å². The van der Waals surface area contributed by atoms with E-state index >= 15 is 0 Å². The zero-order chi connectivity index (χ0) is 10.8. The molecule has 1 aromatic carbocycles. The van der Waals surface area contributed by atoms with Crippen molar-refractivity contribution >= 4 is 17.2 Å². The summed E-state index contributed by atoms with van der Waals surface area (Å²) >= 11 is 0. The largest absolute Gasteiger partial charge is 0.387 e. The van der Waals surface area contributed by atoms with Crippen LogP contribution in [0.15, 0.2) is 29.3 Å². The van der Waals surface area contributed by atoms with E-state index in [0.717, 1.165) is 17.2 Å². The maximum atomic E-state index is 5.87. The Labute approximate surface area is 90.6 Å². The minimum absolute atomic E-state index is 0.535. The van der Waals surface area contributed by atoms with Crippen LogP contribution in [0.25, 0.3) is 0 Å². The van der Waals surface area contributed by atoms with E-state index in [2.05, 4.69) is 22.0 Å². The first-order valence-electron chi connectivity index (χ1n) is 5.28. The van der Waals surface area contributed by atoms with Gasteiger partial charge in [0.1, 0.15) is 5.84 Å². The Morgan fingerprint density at radius 3 is 2.73 bits per heavy atom. The predicted octanol–water partition coefficient (Wildman–Crippen LogP) is 2.15. The fraction of sp³-hybridized carbons (Fsp3) is 0.417. The van der Waals surface area contributed by atoms with Gasteiger partial charge in [-0.05, 0) is 31.0 Å². The summed E-state index contributed by atoms with van der Waals surface area (Å²) in [4.78, 5) is 6.49. The molecule has 2 N–H and O–H groups in total. The number of hydrogen-bond donors (Lipinski definition) is 1. The van der Waals surface area contributed by atoms with Crippen molar-refractivity contribution in [1.29, 1.82) is 0 Å². The summed E-state index contributed by atoms with van der Waals surface area (Å²) in [5.74, 6) is 1.32. The van der Waals surface area contributed by atoms with Gasteiger partial charge in [-0.1, -0.05) is 6.07 Å². The van der Waals surface area contributed by atoms with Gasteiger partial charge in [0.05, 0.1) is 5.69 Å². The number of amidine groups is 1. The topological polar surface area (TPSA) is 41.6 Å².